The molecule has 1 N–H and O–H groups in total. The Labute approximate surface area is 186 Å². The van der Waals surface area contributed by atoms with Crippen LogP contribution in [0.25, 0.3) is 5.65 Å². The first-order valence-corrected chi connectivity index (χ1v) is 10.4. The zero-order valence-electron chi connectivity index (χ0n) is 18.1. The van der Waals surface area contributed by atoms with Crippen LogP contribution in [0.2, 0.25) is 0 Å². The van der Waals surface area contributed by atoms with E-state index in [1.165, 1.54) is 0 Å². The molecule has 0 spiro atoms. The maximum absolute atomic E-state index is 12.5. The van der Waals surface area contributed by atoms with Crippen molar-refractivity contribution in [2.45, 2.75) is 20.0 Å². The number of rotatable bonds is 9. The van der Waals surface area contributed by atoms with Gasteiger partial charge in [-0.15, -0.1) is 0 Å². The number of amides is 1. The normalized spacial score (nSPS) is 10.7. The van der Waals surface area contributed by atoms with E-state index in [1.54, 1.807) is 25.3 Å². The van der Waals surface area contributed by atoms with Gasteiger partial charge in [-0.2, -0.15) is 0 Å². The molecule has 0 saturated carbocycles. The highest BCUT2D eigenvalue weighted by molar-refractivity contribution is 5.92. The van der Waals surface area contributed by atoms with Gasteiger partial charge in [0.25, 0.3) is 0 Å². The Morgan fingerprint density at radius 2 is 1.88 bits per heavy atom. The lowest BCUT2D eigenvalue weighted by Gasteiger charge is -2.12. The summed E-state index contributed by atoms with van der Waals surface area (Å²) in [4.78, 5) is 17.0. The monoisotopic (exact) mass is 431 g/mol. The minimum absolute atomic E-state index is 0.120. The van der Waals surface area contributed by atoms with Crippen molar-refractivity contribution in [1.29, 1.82) is 0 Å². The van der Waals surface area contributed by atoms with Crippen molar-refractivity contribution < 1.29 is 19.0 Å². The Morgan fingerprint density at radius 3 is 2.62 bits per heavy atom. The molecule has 0 radical (unpaired) electrons. The molecule has 4 aromatic rings. The molecule has 2 aromatic carbocycles. The lowest BCUT2D eigenvalue weighted by molar-refractivity contribution is -0.115. The molecular formula is C25H25N3O4. The van der Waals surface area contributed by atoms with Crippen molar-refractivity contribution in [2.24, 2.45) is 0 Å². The smallest absolute Gasteiger partial charge is 0.228 e. The van der Waals surface area contributed by atoms with Crippen LogP contribution >= 0.6 is 0 Å². The van der Waals surface area contributed by atoms with E-state index in [2.05, 4.69) is 10.3 Å². The molecule has 0 aliphatic heterocycles. The van der Waals surface area contributed by atoms with Crippen LogP contribution in [0.15, 0.2) is 73.1 Å². The van der Waals surface area contributed by atoms with Crippen LogP contribution in [0.5, 0.6) is 17.2 Å². The Kier molecular flexibility index (Phi) is 6.55. The van der Waals surface area contributed by atoms with E-state index in [4.69, 9.17) is 14.2 Å². The number of nitrogens with zero attached hydrogens (tertiary/aromatic N) is 2. The van der Waals surface area contributed by atoms with E-state index in [-0.39, 0.29) is 18.9 Å². The third kappa shape index (κ3) is 5.18. The molecule has 7 heteroatoms. The highest BCUT2D eigenvalue weighted by atomic mass is 16.5. The van der Waals surface area contributed by atoms with Crippen LogP contribution < -0.4 is 19.5 Å². The first kappa shape index (κ1) is 21.2. The number of ether oxygens (including phenoxy) is 3. The summed E-state index contributed by atoms with van der Waals surface area (Å²) in [6.45, 7) is 2.83. The van der Waals surface area contributed by atoms with Gasteiger partial charge in [-0.3, -0.25) is 4.79 Å². The first-order valence-electron chi connectivity index (χ1n) is 10.4. The number of benzene rings is 2. The molecule has 0 aliphatic carbocycles. The molecule has 164 valence electrons. The van der Waals surface area contributed by atoms with Gasteiger partial charge in [0.15, 0.2) is 11.5 Å². The van der Waals surface area contributed by atoms with Gasteiger partial charge in [0.1, 0.15) is 18.0 Å². The topological polar surface area (TPSA) is 74.1 Å². The second-order valence-electron chi connectivity index (χ2n) is 7.15. The van der Waals surface area contributed by atoms with Crippen LogP contribution in [0.3, 0.4) is 0 Å². The number of anilines is 1. The summed E-state index contributed by atoms with van der Waals surface area (Å²) in [5, 5.41) is 2.92. The largest absolute Gasteiger partial charge is 0.494 e. The highest BCUT2D eigenvalue weighted by Crippen LogP contribution is 2.31. The molecule has 0 fully saturated rings. The lowest BCUT2D eigenvalue weighted by Crippen LogP contribution is -2.14. The summed E-state index contributed by atoms with van der Waals surface area (Å²) < 4.78 is 18.7. The maximum Gasteiger partial charge on any atom is 0.228 e. The van der Waals surface area contributed by atoms with Gasteiger partial charge in [-0.25, -0.2) is 4.98 Å². The van der Waals surface area contributed by atoms with E-state index in [0.29, 0.717) is 23.8 Å². The number of fused-ring (bicyclic) bond motifs is 1. The first-order chi connectivity index (χ1) is 15.6. The Bertz CT molecular complexity index is 1170. The number of carbonyl (C=O) groups is 1. The fourth-order valence-corrected chi connectivity index (χ4v) is 3.34. The molecule has 4 rings (SSSR count). The fraction of sp³-hybridized carbons (Fsp3) is 0.200. The number of nitrogens with one attached hydrogen (secondary N) is 1. The third-order valence-electron chi connectivity index (χ3n) is 4.84. The molecule has 0 unspecified atom stereocenters. The zero-order valence-corrected chi connectivity index (χ0v) is 18.1. The summed E-state index contributed by atoms with van der Waals surface area (Å²) in [5.41, 5.74) is 3.19. The predicted molar refractivity (Wildman–Crippen MR) is 122 cm³/mol. The Hall–Kier alpha value is -4.00. The number of pyridine rings is 1. The van der Waals surface area contributed by atoms with Gasteiger partial charge < -0.3 is 23.9 Å². The van der Waals surface area contributed by atoms with E-state index in [9.17, 15) is 4.79 Å². The van der Waals surface area contributed by atoms with Crippen molar-refractivity contribution >= 4 is 17.2 Å². The number of carbonyl (C=O) groups excluding carboxylic acids is 1. The predicted octanol–water partition coefficient (Wildman–Crippen LogP) is 4.50. The average molecular weight is 431 g/mol. The quantitative estimate of drug-likeness (QED) is 0.422. The molecule has 0 bridgehead atoms. The molecule has 0 saturated heterocycles. The third-order valence-corrected chi connectivity index (χ3v) is 4.84. The molecule has 0 aliphatic rings. The van der Waals surface area contributed by atoms with E-state index >= 15 is 0 Å². The van der Waals surface area contributed by atoms with Gasteiger partial charge in [-0.1, -0.05) is 18.2 Å². The second-order valence-corrected chi connectivity index (χ2v) is 7.15. The van der Waals surface area contributed by atoms with Crippen LogP contribution in [-0.4, -0.2) is 29.0 Å². The molecule has 2 heterocycles. The van der Waals surface area contributed by atoms with E-state index in [1.807, 2.05) is 66.2 Å². The van der Waals surface area contributed by atoms with Crippen molar-refractivity contribution in [3.63, 3.8) is 0 Å². The zero-order chi connectivity index (χ0) is 22.3. The summed E-state index contributed by atoms with van der Waals surface area (Å²) in [7, 11) is 1.58. The summed E-state index contributed by atoms with van der Waals surface area (Å²) in [5.74, 6) is 1.78. The van der Waals surface area contributed by atoms with E-state index in [0.717, 1.165) is 22.7 Å². The molecular weight excluding hydrogens is 406 g/mol. The SMILES string of the molecule is CCOc1ccc(CC(=O)Nc2ccc(OC)c(OCc3cn4ccccc4n3)c2)cc1. The minimum atomic E-state index is -0.120. The number of imidazole rings is 1. The summed E-state index contributed by atoms with van der Waals surface area (Å²) in [6, 6.07) is 18.6. The number of aromatic nitrogens is 2. The van der Waals surface area contributed by atoms with Crippen LogP contribution in [-0.2, 0) is 17.8 Å². The van der Waals surface area contributed by atoms with Crippen molar-refractivity contribution in [1.82, 2.24) is 9.38 Å². The van der Waals surface area contributed by atoms with Crippen molar-refractivity contribution in [3.8, 4) is 17.2 Å². The van der Waals surface area contributed by atoms with Crippen LogP contribution in [0, 0.1) is 0 Å². The van der Waals surface area contributed by atoms with Gasteiger partial charge >= 0.3 is 0 Å². The minimum Gasteiger partial charge on any atom is -0.494 e. The van der Waals surface area contributed by atoms with Crippen molar-refractivity contribution in [3.05, 3.63) is 84.3 Å². The lowest BCUT2D eigenvalue weighted by atomic mass is 10.1. The Morgan fingerprint density at radius 1 is 1.03 bits per heavy atom. The standard InChI is InChI=1S/C25H25N3O4/c1-3-31-21-10-7-18(8-11-21)14-25(29)27-19-9-12-22(30-2)23(15-19)32-17-20-16-28-13-5-4-6-24(28)26-20/h4-13,15-16H,3,14,17H2,1-2H3,(H,27,29). The average Bonchev–Trinajstić information content (AvgIpc) is 3.22. The fourth-order valence-electron chi connectivity index (χ4n) is 3.34. The second kappa shape index (κ2) is 9.87. The number of methoxy groups -OCH3 is 1. The van der Waals surface area contributed by atoms with Gasteiger partial charge in [0.05, 0.1) is 25.8 Å². The Balaban J connectivity index is 1.40. The molecule has 1 amide bonds. The molecule has 32 heavy (non-hydrogen) atoms. The van der Waals surface area contributed by atoms with Crippen LogP contribution in [0.1, 0.15) is 18.2 Å². The van der Waals surface area contributed by atoms with Crippen LogP contribution in [0.4, 0.5) is 5.69 Å². The number of hydrogen-bond acceptors (Lipinski definition) is 5. The van der Waals surface area contributed by atoms with Gasteiger partial charge in [0.2, 0.25) is 5.91 Å². The molecule has 2 aromatic heterocycles. The maximum atomic E-state index is 12.5. The molecule has 0 atom stereocenters. The summed E-state index contributed by atoms with van der Waals surface area (Å²) >= 11 is 0. The van der Waals surface area contributed by atoms with E-state index < -0.39 is 0 Å². The molecule has 7 nitrogen and oxygen atoms in total. The van der Waals surface area contributed by atoms with Gasteiger partial charge in [-0.05, 0) is 48.9 Å². The summed E-state index contributed by atoms with van der Waals surface area (Å²) in [6.07, 6.45) is 4.12. The number of hydrogen-bond donors (Lipinski definition) is 1. The highest BCUT2D eigenvalue weighted by Gasteiger charge is 2.11. The van der Waals surface area contributed by atoms with Gasteiger partial charge in [0, 0.05) is 24.1 Å². The van der Waals surface area contributed by atoms with Crippen molar-refractivity contribution in [2.75, 3.05) is 19.0 Å².